The molecule has 3 nitrogen and oxygen atoms in total. The summed E-state index contributed by atoms with van der Waals surface area (Å²) in [5.41, 5.74) is 0.257. The molecule has 1 aromatic carbocycles. The molecule has 1 aliphatic rings. The first kappa shape index (κ1) is 12.6. The van der Waals surface area contributed by atoms with Crippen LogP contribution in [0.2, 0.25) is 0 Å². The highest BCUT2D eigenvalue weighted by Crippen LogP contribution is 2.47. The number of methoxy groups -OCH3 is 1. The van der Waals surface area contributed by atoms with Crippen LogP contribution in [0.25, 0.3) is 0 Å². The maximum Gasteiger partial charge on any atom is 0.313 e. The van der Waals surface area contributed by atoms with Gasteiger partial charge >= 0.3 is 5.97 Å². The number of carbonyl (C=O) groups excluding carboxylic acids is 1. The monoisotopic (exact) mass is 297 g/mol. The van der Waals surface area contributed by atoms with Gasteiger partial charge in [0.1, 0.15) is 0 Å². The van der Waals surface area contributed by atoms with Crippen molar-refractivity contribution in [3.05, 3.63) is 34.3 Å². The summed E-state index contributed by atoms with van der Waals surface area (Å²) in [6.45, 7) is 4.64. The lowest BCUT2D eigenvalue weighted by molar-refractivity contribution is -0.153. The Bertz CT molecular complexity index is 435. The molecule has 1 atom stereocenters. The fraction of sp³-hybridized carbons (Fsp3) is 0.462. The van der Waals surface area contributed by atoms with Crippen LogP contribution in [0.15, 0.2) is 28.7 Å². The molecule has 1 N–H and O–H groups in total. The van der Waals surface area contributed by atoms with E-state index in [1.54, 1.807) is 0 Å². The minimum Gasteiger partial charge on any atom is -0.469 e. The van der Waals surface area contributed by atoms with E-state index in [4.69, 9.17) is 4.74 Å². The van der Waals surface area contributed by atoms with Gasteiger partial charge in [0.2, 0.25) is 0 Å². The Morgan fingerprint density at radius 2 is 1.94 bits per heavy atom. The van der Waals surface area contributed by atoms with Gasteiger partial charge in [-0.3, -0.25) is 4.79 Å². The highest BCUT2D eigenvalue weighted by Gasteiger charge is 2.59. The zero-order chi connectivity index (χ0) is 12.7. The Labute approximate surface area is 110 Å². The molecular formula is C13H16BrNO2. The molecule has 1 saturated heterocycles. The van der Waals surface area contributed by atoms with Crippen LogP contribution in [-0.2, 0) is 15.1 Å². The topological polar surface area (TPSA) is 48.2 Å². The quantitative estimate of drug-likeness (QED) is 0.689. The summed E-state index contributed by atoms with van der Waals surface area (Å²) in [7, 11) is 1.43. The molecule has 2 rings (SSSR count). The summed E-state index contributed by atoms with van der Waals surface area (Å²) in [6, 6.07) is 8.05. The first-order valence-electron chi connectivity index (χ1n) is 5.53. The van der Waals surface area contributed by atoms with Gasteiger partial charge in [-0.2, -0.15) is 0 Å². The summed E-state index contributed by atoms with van der Waals surface area (Å²) < 4.78 is 5.93. The lowest BCUT2D eigenvalue weighted by Crippen LogP contribution is -2.41. The van der Waals surface area contributed by atoms with Crippen LogP contribution >= 0.6 is 15.9 Å². The van der Waals surface area contributed by atoms with Gasteiger partial charge in [-0.15, -0.1) is 0 Å². The molecular weight excluding hydrogens is 282 g/mol. The van der Waals surface area contributed by atoms with E-state index >= 15 is 0 Å². The molecule has 1 fully saturated rings. The number of hydrogen-bond donors (Lipinski definition) is 1. The average molecular weight is 298 g/mol. The van der Waals surface area contributed by atoms with Gasteiger partial charge in [-0.25, -0.2) is 0 Å². The van der Waals surface area contributed by atoms with E-state index in [1.165, 1.54) is 7.11 Å². The van der Waals surface area contributed by atoms with E-state index in [0.29, 0.717) is 0 Å². The molecule has 1 heterocycles. The van der Waals surface area contributed by atoms with Gasteiger partial charge in [0, 0.05) is 11.0 Å². The Morgan fingerprint density at radius 3 is 2.35 bits per heavy atom. The summed E-state index contributed by atoms with van der Waals surface area (Å²) in [4.78, 5) is 11.9. The van der Waals surface area contributed by atoms with Crippen LogP contribution in [0.1, 0.15) is 19.4 Å². The molecule has 1 aromatic rings. The smallest absolute Gasteiger partial charge is 0.313 e. The molecule has 1 unspecified atom stereocenters. The van der Waals surface area contributed by atoms with Crippen molar-refractivity contribution in [3.8, 4) is 0 Å². The van der Waals surface area contributed by atoms with E-state index in [2.05, 4.69) is 21.2 Å². The number of benzene rings is 1. The van der Waals surface area contributed by atoms with Gasteiger partial charge in [0.25, 0.3) is 0 Å². The standard InChI is InChI=1S/C13H16BrNO2/c1-12(2,11(16)17-3)13(8-15-13)9-4-6-10(14)7-5-9/h4-7,15H,8H2,1-3H3. The molecule has 0 amide bonds. The fourth-order valence-corrected chi connectivity index (χ4v) is 2.52. The van der Waals surface area contributed by atoms with E-state index in [1.807, 2.05) is 38.1 Å². The summed E-state index contributed by atoms with van der Waals surface area (Å²) in [5, 5.41) is 3.32. The number of hydrogen-bond acceptors (Lipinski definition) is 3. The Balaban J connectivity index is 2.37. The summed E-state index contributed by atoms with van der Waals surface area (Å²) in [5.74, 6) is -0.189. The van der Waals surface area contributed by atoms with Gasteiger partial charge in [-0.05, 0) is 31.5 Å². The van der Waals surface area contributed by atoms with Crippen LogP contribution in [0.4, 0.5) is 0 Å². The second kappa shape index (κ2) is 4.10. The fourth-order valence-electron chi connectivity index (χ4n) is 2.26. The molecule has 0 bridgehead atoms. The number of nitrogens with one attached hydrogen (secondary N) is 1. The normalized spacial score (nSPS) is 23.3. The number of esters is 1. The molecule has 0 aliphatic carbocycles. The molecule has 0 radical (unpaired) electrons. The predicted octanol–water partition coefficient (Wildman–Crippen LogP) is 2.45. The second-order valence-electron chi connectivity index (χ2n) is 4.88. The number of carbonyl (C=O) groups is 1. The molecule has 92 valence electrons. The Morgan fingerprint density at radius 1 is 1.41 bits per heavy atom. The lowest BCUT2D eigenvalue weighted by Gasteiger charge is -2.31. The van der Waals surface area contributed by atoms with Crippen molar-refractivity contribution in [2.75, 3.05) is 13.7 Å². The van der Waals surface area contributed by atoms with Gasteiger partial charge in [0.05, 0.1) is 18.1 Å². The minimum atomic E-state index is -0.574. The maximum absolute atomic E-state index is 11.9. The highest BCUT2D eigenvalue weighted by molar-refractivity contribution is 9.10. The van der Waals surface area contributed by atoms with Gasteiger partial charge in [0.15, 0.2) is 0 Å². The van der Waals surface area contributed by atoms with Crippen molar-refractivity contribution < 1.29 is 9.53 Å². The predicted molar refractivity (Wildman–Crippen MR) is 69.6 cm³/mol. The first-order valence-corrected chi connectivity index (χ1v) is 6.33. The number of halogens is 1. The number of ether oxygens (including phenoxy) is 1. The third-order valence-corrected chi connectivity index (χ3v) is 4.16. The van der Waals surface area contributed by atoms with Gasteiger partial charge in [-0.1, -0.05) is 28.1 Å². The van der Waals surface area contributed by atoms with Crippen LogP contribution in [0, 0.1) is 5.41 Å². The van der Waals surface area contributed by atoms with E-state index < -0.39 is 5.41 Å². The molecule has 17 heavy (non-hydrogen) atoms. The van der Waals surface area contributed by atoms with Crippen LogP contribution in [0.3, 0.4) is 0 Å². The average Bonchev–Trinajstić information content (AvgIpc) is 3.10. The molecule has 0 spiro atoms. The van der Waals surface area contributed by atoms with Crippen LogP contribution < -0.4 is 5.32 Å². The summed E-state index contributed by atoms with van der Waals surface area (Å²) in [6.07, 6.45) is 0. The van der Waals surface area contributed by atoms with E-state index in [0.717, 1.165) is 16.6 Å². The molecule has 1 aliphatic heterocycles. The van der Waals surface area contributed by atoms with E-state index in [9.17, 15) is 4.79 Å². The number of rotatable bonds is 3. The zero-order valence-electron chi connectivity index (χ0n) is 10.2. The summed E-state index contributed by atoms with van der Waals surface area (Å²) >= 11 is 3.41. The Kier molecular flexibility index (Phi) is 3.04. The van der Waals surface area contributed by atoms with E-state index in [-0.39, 0.29) is 11.5 Å². The third-order valence-electron chi connectivity index (χ3n) is 3.63. The van der Waals surface area contributed by atoms with Gasteiger partial charge < -0.3 is 10.1 Å². The second-order valence-corrected chi connectivity index (χ2v) is 5.80. The van der Waals surface area contributed by atoms with Crippen molar-refractivity contribution in [2.24, 2.45) is 5.41 Å². The zero-order valence-corrected chi connectivity index (χ0v) is 11.8. The Hall–Kier alpha value is -0.870. The minimum absolute atomic E-state index is 0.189. The molecule has 4 heteroatoms. The highest BCUT2D eigenvalue weighted by atomic mass is 79.9. The SMILES string of the molecule is COC(=O)C(C)(C)C1(c2ccc(Br)cc2)CN1. The maximum atomic E-state index is 11.9. The first-order chi connectivity index (χ1) is 7.94. The van der Waals surface area contributed by atoms with Crippen LogP contribution in [0.5, 0.6) is 0 Å². The largest absolute Gasteiger partial charge is 0.469 e. The molecule has 0 aromatic heterocycles. The van der Waals surface area contributed by atoms with Crippen LogP contribution in [-0.4, -0.2) is 19.6 Å². The molecule has 0 saturated carbocycles. The lowest BCUT2D eigenvalue weighted by atomic mass is 9.74. The van der Waals surface area contributed by atoms with Crippen molar-refractivity contribution >= 4 is 21.9 Å². The van der Waals surface area contributed by atoms with Crippen molar-refractivity contribution in [2.45, 2.75) is 19.4 Å². The third kappa shape index (κ3) is 1.89. The van der Waals surface area contributed by atoms with Crippen molar-refractivity contribution in [3.63, 3.8) is 0 Å². The van der Waals surface area contributed by atoms with Crippen molar-refractivity contribution in [1.29, 1.82) is 0 Å². The van der Waals surface area contributed by atoms with Crippen molar-refractivity contribution in [1.82, 2.24) is 5.32 Å².